The normalized spacial score (nSPS) is 15.0. The molecule has 0 fully saturated rings. The van der Waals surface area contributed by atoms with Crippen molar-refractivity contribution in [2.45, 2.75) is 49.8 Å². The van der Waals surface area contributed by atoms with Gasteiger partial charge in [0.05, 0.1) is 22.3 Å². The van der Waals surface area contributed by atoms with Gasteiger partial charge in [0.25, 0.3) is 5.91 Å². The zero-order valence-electron chi connectivity index (χ0n) is 25.0. The molecule has 10 nitrogen and oxygen atoms in total. The molecule has 1 amide bonds. The number of carboxylic acids is 1. The summed E-state index contributed by atoms with van der Waals surface area (Å²) in [6, 6.07) is 24.3. The van der Waals surface area contributed by atoms with E-state index in [0.29, 0.717) is 34.8 Å². The van der Waals surface area contributed by atoms with Crippen molar-refractivity contribution in [3.63, 3.8) is 0 Å². The summed E-state index contributed by atoms with van der Waals surface area (Å²) in [6.07, 6.45) is 2.66. The topological polar surface area (TPSA) is 160 Å². The molecule has 6 N–H and O–H groups in total. The van der Waals surface area contributed by atoms with Crippen LogP contribution in [0.1, 0.15) is 63.2 Å². The standard InChI is InChI=1S/C34H36N4O6S/c1-21-10-14-26(44-32(34(40)41)23-11-15-27(16-12-23)45(2,42)43)18-25(21)20-36-30-17-13-24(19-31(30)38-35)33(39)37-29-9-5-7-22-6-3-4-8-28(22)29/h3-4,6,8,10-19,29,32,36,38H,5,7,9,20,35H2,1-2H3,(H,37,39)(H,40,41). The molecule has 45 heavy (non-hydrogen) atoms. The van der Waals surface area contributed by atoms with Crippen LogP contribution in [0.4, 0.5) is 11.4 Å². The number of fused-ring (bicyclic) bond motifs is 1. The molecule has 0 aliphatic heterocycles. The van der Waals surface area contributed by atoms with E-state index in [1.54, 1.807) is 30.3 Å². The van der Waals surface area contributed by atoms with E-state index < -0.39 is 21.9 Å². The van der Waals surface area contributed by atoms with Gasteiger partial charge in [-0.25, -0.2) is 13.2 Å². The fourth-order valence-corrected chi connectivity index (χ4v) is 6.12. The first-order valence-corrected chi connectivity index (χ1v) is 16.4. The zero-order chi connectivity index (χ0) is 32.1. The van der Waals surface area contributed by atoms with E-state index >= 15 is 0 Å². The molecule has 0 heterocycles. The van der Waals surface area contributed by atoms with Gasteiger partial charge in [-0.1, -0.05) is 42.5 Å². The van der Waals surface area contributed by atoms with Gasteiger partial charge in [0.2, 0.25) is 6.10 Å². The van der Waals surface area contributed by atoms with Crippen LogP contribution in [0.3, 0.4) is 0 Å². The molecule has 234 valence electrons. The average molecular weight is 629 g/mol. The molecule has 1 aliphatic carbocycles. The van der Waals surface area contributed by atoms with Gasteiger partial charge in [-0.05, 0) is 90.9 Å². The predicted molar refractivity (Wildman–Crippen MR) is 173 cm³/mol. The Morgan fingerprint density at radius 1 is 1.00 bits per heavy atom. The van der Waals surface area contributed by atoms with Gasteiger partial charge in [0.1, 0.15) is 5.75 Å². The van der Waals surface area contributed by atoms with Crippen LogP contribution in [-0.2, 0) is 27.6 Å². The molecule has 5 rings (SSSR count). The number of carbonyl (C=O) groups excluding carboxylic acids is 1. The molecule has 0 aromatic heterocycles. The van der Waals surface area contributed by atoms with Crippen LogP contribution in [-0.4, -0.2) is 31.7 Å². The number of aryl methyl sites for hydroxylation is 2. The van der Waals surface area contributed by atoms with E-state index in [0.717, 1.165) is 42.2 Å². The van der Waals surface area contributed by atoms with E-state index in [9.17, 15) is 23.1 Å². The van der Waals surface area contributed by atoms with Gasteiger partial charge in [0, 0.05) is 23.9 Å². The first-order valence-electron chi connectivity index (χ1n) is 14.6. The highest BCUT2D eigenvalue weighted by Crippen LogP contribution is 2.31. The maximum absolute atomic E-state index is 13.2. The highest BCUT2D eigenvalue weighted by molar-refractivity contribution is 7.90. The van der Waals surface area contributed by atoms with Gasteiger partial charge in [-0.15, -0.1) is 0 Å². The fraction of sp³-hybridized carbons (Fsp3) is 0.235. The average Bonchev–Trinajstić information content (AvgIpc) is 3.03. The Labute approximate surface area is 262 Å². The highest BCUT2D eigenvalue weighted by atomic mass is 32.2. The highest BCUT2D eigenvalue weighted by Gasteiger charge is 2.24. The van der Waals surface area contributed by atoms with Crippen LogP contribution in [0, 0.1) is 6.92 Å². The van der Waals surface area contributed by atoms with Crippen LogP contribution in [0.15, 0.2) is 89.8 Å². The van der Waals surface area contributed by atoms with Crippen molar-refractivity contribution in [2.24, 2.45) is 5.84 Å². The van der Waals surface area contributed by atoms with Gasteiger partial charge in [-0.2, -0.15) is 0 Å². The summed E-state index contributed by atoms with van der Waals surface area (Å²) in [6.45, 7) is 2.29. The number of aliphatic carboxylic acids is 1. The Morgan fingerprint density at radius 3 is 2.47 bits per heavy atom. The number of carbonyl (C=O) groups is 2. The van der Waals surface area contributed by atoms with E-state index in [4.69, 9.17) is 10.6 Å². The quantitative estimate of drug-likeness (QED) is 0.110. The number of nitrogen functional groups attached to an aromatic ring is 1. The smallest absolute Gasteiger partial charge is 0.349 e. The van der Waals surface area contributed by atoms with Gasteiger partial charge < -0.3 is 25.9 Å². The van der Waals surface area contributed by atoms with Gasteiger partial charge in [-0.3, -0.25) is 10.6 Å². The number of ether oxygens (including phenoxy) is 1. The Bertz CT molecular complexity index is 1830. The third-order valence-electron chi connectivity index (χ3n) is 7.99. The Balaban J connectivity index is 1.27. The minimum absolute atomic E-state index is 0.0421. The molecule has 0 saturated carbocycles. The van der Waals surface area contributed by atoms with Gasteiger partial charge in [0.15, 0.2) is 9.84 Å². The third kappa shape index (κ3) is 7.44. The summed E-state index contributed by atoms with van der Waals surface area (Å²) in [4.78, 5) is 25.3. The van der Waals surface area contributed by atoms with E-state index in [2.05, 4.69) is 28.2 Å². The molecule has 0 spiro atoms. The third-order valence-corrected chi connectivity index (χ3v) is 9.12. The number of hydrogen-bond donors (Lipinski definition) is 5. The van der Waals surface area contributed by atoms with Crippen molar-refractivity contribution < 1.29 is 27.9 Å². The lowest BCUT2D eigenvalue weighted by molar-refractivity contribution is -0.145. The molecule has 4 aromatic rings. The van der Waals surface area contributed by atoms with Crippen molar-refractivity contribution in [3.05, 3.63) is 118 Å². The molecule has 0 bridgehead atoms. The number of benzene rings is 4. The van der Waals surface area contributed by atoms with Crippen molar-refractivity contribution in [3.8, 4) is 5.75 Å². The summed E-state index contributed by atoms with van der Waals surface area (Å²) in [5.74, 6) is 4.78. The number of nitrogens with one attached hydrogen (secondary N) is 3. The van der Waals surface area contributed by atoms with Crippen LogP contribution >= 0.6 is 0 Å². The lowest BCUT2D eigenvalue weighted by atomic mass is 9.87. The fourth-order valence-electron chi connectivity index (χ4n) is 5.49. The maximum Gasteiger partial charge on any atom is 0.349 e. The summed E-state index contributed by atoms with van der Waals surface area (Å²) >= 11 is 0. The minimum atomic E-state index is -3.42. The second-order valence-electron chi connectivity index (χ2n) is 11.1. The lowest BCUT2D eigenvalue weighted by Gasteiger charge is -2.26. The minimum Gasteiger partial charge on any atom is -0.478 e. The van der Waals surface area contributed by atoms with Crippen molar-refractivity contribution in [2.75, 3.05) is 17.0 Å². The zero-order valence-corrected chi connectivity index (χ0v) is 25.9. The summed E-state index contributed by atoms with van der Waals surface area (Å²) in [5, 5.41) is 16.3. The molecule has 11 heteroatoms. The SMILES string of the molecule is Cc1ccc(OC(C(=O)O)c2ccc(S(C)(=O)=O)cc2)cc1CNc1ccc(C(=O)NC2CCCc3ccccc32)cc1NN. The number of carboxylic acid groups (broad SMARTS) is 1. The second kappa shape index (κ2) is 13.4. The van der Waals surface area contributed by atoms with E-state index in [-0.39, 0.29) is 16.8 Å². The summed E-state index contributed by atoms with van der Waals surface area (Å²) in [5.41, 5.74) is 8.91. The number of nitrogens with two attached hydrogens (primary N) is 1. The molecule has 2 atom stereocenters. The first-order chi connectivity index (χ1) is 21.5. The number of anilines is 2. The van der Waals surface area contributed by atoms with Crippen LogP contribution < -0.4 is 26.6 Å². The molecule has 4 aromatic carbocycles. The van der Waals surface area contributed by atoms with E-state index in [1.165, 1.54) is 29.8 Å². The molecule has 2 unspecified atom stereocenters. The largest absolute Gasteiger partial charge is 0.478 e. The van der Waals surface area contributed by atoms with Gasteiger partial charge >= 0.3 is 5.97 Å². The molecule has 0 saturated heterocycles. The van der Waals surface area contributed by atoms with Crippen molar-refractivity contribution >= 4 is 33.1 Å². The van der Waals surface area contributed by atoms with Crippen LogP contribution in [0.25, 0.3) is 0 Å². The van der Waals surface area contributed by atoms with Crippen molar-refractivity contribution in [1.29, 1.82) is 0 Å². The summed E-state index contributed by atoms with van der Waals surface area (Å²) < 4.78 is 29.4. The van der Waals surface area contributed by atoms with E-state index in [1.807, 2.05) is 25.1 Å². The Hall–Kier alpha value is -4.87. The number of hydrazine groups is 1. The second-order valence-corrected chi connectivity index (χ2v) is 13.2. The Kier molecular flexibility index (Phi) is 9.40. The number of sulfone groups is 1. The monoisotopic (exact) mass is 628 g/mol. The number of rotatable bonds is 11. The maximum atomic E-state index is 13.2. The molecule has 1 aliphatic rings. The van der Waals surface area contributed by atoms with Crippen LogP contribution in [0.5, 0.6) is 5.75 Å². The molecular formula is C34H36N4O6S. The Morgan fingerprint density at radius 2 is 1.76 bits per heavy atom. The number of hydrogen-bond acceptors (Lipinski definition) is 8. The summed E-state index contributed by atoms with van der Waals surface area (Å²) in [7, 11) is -3.42. The predicted octanol–water partition coefficient (Wildman–Crippen LogP) is 5.31. The first kappa shape index (κ1) is 31.6. The molecular weight excluding hydrogens is 592 g/mol. The van der Waals surface area contributed by atoms with Crippen molar-refractivity contribution in [1.82, 2.24) is 5.32 Å². The lowest BCUT2D eigenvalue weighted by Crippen LogP contribution is -2.31. The molecule has 0 radical (unpaired) electrons. The van der Waals surface area contributed by atoms with Crippen LogP contribution in [0.2, 0.25) is 0 Å². The number of amides is 1.